The molecule has 5 aromatic rings. The molecular formula is C79H114N20O19S2. The average Bonchev–Trinajstić information content (AvgIpc) is 1.54. The molecule has 5 rings (SSSR count). The van der Waals surface area contributed by atoms with Crippen LogP contribution in [0.1, 0.15) is 94.9 Å². The van der Waals surface area contributed by atoms with Crippen molar-refractivity contribution in [1.82, 2.24) is 84.5 Å². The van der Waals surface area contributed by atoms with Gasteiger partial charge in [-0.2, -0.15) is 25.3 Å². The topological polar surface area (TPSA) is 628 Å². The fourth-order valence-corrected chi connectivity index (χ4v) is 12.8. The third kappa shape index (κ3) is 33.9. The third-order valence-electron chi connectivity index (χ3n) is 18.8. The number of para-hydroxylation sites is 1. The summed E-state index contributed by atoms with van der Waals surface area (Å²) >= 11 is 8.33. The van der Waals surface area contributed by atoms with Crippen LogP contribution in [0.4, 0.5) is 0 Å². The number of primary amides is 1. The summed E-state index contributed by atoms with van der Waals surface area (Å²) in [4.78, 5) is 213. The van der Waals surface area contributed by atoms with Crippen molar-refractivity contribution in [1.29, 1.82) is 0 Å². The van der Waals surface area contributed by atoms with Gasteiger partial charge in [-0.25, -0.2) is 5.01 Å². The zero-order valence-electron chi connectivity index (χ0n) is 67.2. The Morgan fingerprint density at radius 3 is 1.22 bits per heavy atom. The van der Waals surface area contributed by atoms with Gasteiger partial charge in [0.25, 0.3) is 5.91 Å². The molecule has 3 unspecified atom stereocenters. The van der Waals surface area contributed by atoms with Crippen molar-refractivity contribution in [2.45, 2.75) is 189 Å². The van der Waals surface area contributed by atoms with E-state index in [0.29, 0.717) is 46.0 Å². The molecule has 41 heteroatoms. The van der Waals surface area contributed by atoms with Gasteiger partial charge in [0.15, 0.2) is 0 Å². The molecule has 39 nitrogen and oxygen atoms in total. The van der Waals surface area contributed by atoms with E-state index in [0.717, 1.165) is 18.9 Å². The smallest absolute Gasteiger partial charge is 0.319 e. The Balaban J connectivity index is 1.46. The standard InChI is InChI=1S/C79H114N20O19S2/c1-5-99(40-65(105)106)98-77(116)62(43-120)95-75(114)60(41-100)94-79(118)67(45(3)102)97-74(113)57(35-49-25-13-8-14-26-49)93-78(117)66(44(2)101)96-69(108)54(30-18-20-32-81)87-72(111)58(36-50-38-85-52-28-16-15-27-51(50)52)91-71(110)56(34-48-23-11-7-12-24-48)89-70(109)55(33-47-21-9-6-10-22-47)90-73(112)59(37-63(83)103)92-68(107)53(29-17-19-31-80)88-76(115)61(42-119)86-64(104)39-84-46(4)82/h6-16,21-28,38,44-46,53-62,66-67,84-85,100-102,119-120H,5,17-20,29-37,39-43,80-82H2,1-4H3,(H2,83,103)(H,86,104)(H,87,111)(H,88,115)(H,89,109)(H,90,112)(H,91,110)(H,92,107)(H,93,117)(H,94,118)(H,95,114)(H,96,108)(H,97,113)(H,98,116)(H,105,106)/t44?,45?,46?,53-,54-,55-,56-,57-,58+,59-,60-,61-,62-,66-,67-/m0/s1. The largest absolute Gasteiger partial charge is 0.480 e. The van der Waals surface area contributed by atoms with Crippen molar-refractivity contribution < 1.29 is 92.3 Å². The van der Waals surface area contributed by atoms with Crippen molar-refractivity contribution in [2.24, 2.45) is 22.9 Å². The lowest BCUT2D eigenvalue weighted by atomic mass is 10.00. The summed E-state index contributed by atoms with van der Waals surface area (Å²) in [5.74, 6) is -15.9. The first kappa shape index (κ1) is 99.4. The molecule has 1 heterocycles. The number of hydrogen-bond acceptors (Lipinski definition) is 25. The van der Waals surface area contributed by atoms with Gasteiger partial charge < -0.3 is 112 Å². The summed E-state index contributed by atoms with van der Waals surface area (Å²) in [5, 5.41) is 76.5. The number of amides is 14. The molecule has 14 amide bonds. The minimum absolute atomic E-state index is 0.0385. The highest BCUT2D eigenvalue weighted by Gasteiger charge is 2.40. The SMILES string of the molecule is CCN(CC(=O)O)NC(=O)[C@H](CS)NC(=O)[C@H](CO)NC(=O)[C@@H](NC(=O)[C@H](Cc1ccccc1)NC(=O)[C@@H](NC(=O)[C@H](CCCCN)NC(=O)[C@@H](Cc1c[nH]c2ccccc12)NC(=O)[C@H](Cc1ccccc1)NC(=O)[C@H](Cc1ccccc1)NC(=O)[C@H](CC(N)=O)NC(=O)[C@H](CCCCN)NC(=O)[C@H](CS)NC(=O)CNC(C)N)C(C)O)C(C)O. The molecule has 0 aliphatic rings. The number of thiol groups is 2. The summed E-state index contributed by atoms with van der Waals surface area (Å²) in [5.41, 5.74) is 27.9. The van der Waals surface area contributed by atoms with E-state index in [1.807, 2.05) is 0 Å². The summed E-state index contributed by atoms with van der Waals surface area (Å²) in [6.45, 7) is 3.84. The number of aliphatic hydroxyl groups is 3. The normalized spacial score (nSPS) is 15.0. The molecule has 1 aromatic heterocycles. The lowest BCUT2D eigenvalue weighted by Gasteiger charge is -2.29. The second-order valence-electron chi connectivity index (χ2n) is 28.6. The second-order valence-corrected chi connectivity index (χ2v) is 29.3. The first-order chi connectivity index (χ1) is 57.2. The molecule has 120 heavy (non-hydrogen) atoms. The predicted molar refractivity (Wildman–Crippen MR) is 448 cm³/mol. The zero-order valence-corrected chi connectivity index (χ0v) is 69.0. The molecule has 27 N–H and O–H groups in total. The molecule has 15 atom stereocenters. The molecule has 0 saturated carbocycles. The number of aromatic nitrogens is 1. The third-order valence-corrected chi connectivity index (χ3v) is 19.6. The van der Waals surface area contributed by atoms with Gasteiger partial charge in [0, 0.05) is 60.8 Å². The summed E-state index contributed by atoms with van der Waals surface area (Å²) in [6, 6.07) is 12.1. The van der Waals surface area contributed by atoms with Gasteiger partial charge in [0.1, 0.15) is 79.0 Å². The Hall–Kier alpha value is -11.1. The van der Waals surface area contributed by atoms with Gasteiger partial charge in [0.2, 0.25) is 76.8 Å². The lowest BCUT2D eigenvalue weighted by Crippen LogP contribution is -2.63. The number of aliphatic carboxylic acids is 1. The zero-order chi connectivity index (χ0) is 88.5. The van der Waals surface area contributed by atoms with Crippen LogP contribution in [-0.4, -0.2) is 261 Å². The van der Waals surface area contributed by atoms with Crippen LogP contribution in [0.2, 0.25) is 0 Å². The Kier molecular flexibility index (Phi) is 43.1. The van der Waals surface area contributed by atoms with E-state index in [4.69, 9.17) is 22.9 Å². The van der Waals surface area contributed by atoms with E-state index < -0.39 is 199 Å². The van der Waals surface area contributed by atoms with Gasteiger partial charge in [-0.15, -0.1) is 0 Å². The number of rotatable bonds is 54. The van der Waals surface area contributed by atoms with Gasteiger partial charge in [-0.05, 0) is 101 Å². The van der Waals surface area contributed by atoms with Crippen molar-refractivity contribution >= 4 is 125 Å². The van der Waals surface area contributed by atoms with Crippen LogP contribution < -0.4 is 97.5 Å². The number of H-pyrrole nitrogens is 1. The van der Waals surface area contributed by atoms with Gasteiger partial charge in [-0.3, -0.25) is 82.7 Å². The highest BCUT2D eigenvalue weighted by molar-refractivity contribution is 7.80. The number of aromatic amines is 1. The number of carboxylic acids is 1. The number of nitrogens with zero attached hydrogens (tertiary/aromatic N) is 1. The predicted octanol–water partition coefficient (Wildman–Crippen LogP) is -5.67. The molecule has 0 aliphatic carbocycles. The van der Waals surface area contributed by atoms with E-state index in [-0.39, 0.29) is 89.1 Å². The Morgan fingerprint density at radius 2 is 0.800 bits per heavy atom. The fraction of sp³-hybridized carbons (Fsp3) is 0.481. The lowest BCUT2D eigenvalue weighted by molar-refractivity contribution is -0.141. The second kappa shape index (κ2) is 52.0. The number of benzene rings is 4. The molecule has 0 fully saturated rings. The minimum atomic E-state index is -1.92. The fourth-order valence-electron chi connectivity index (χ4n) is 12.3. The number of fused-ring (bicyclic) bond motifs is 1. The van der Waals surface area contributed by atoms with Crippen LogP contribution in [0.15, 0.2) is 121 Å². The molecule has 0 aliphatic heterocycles. The van der Waals surface area contributed by atoms with Gasteiger partial charge in [-0.1, -0.05) is 116 Å². The summed E-state index contributed by atoms with van der Waals surface area (Å²) < 4.78 is 0. The number of carbonyl (C=O) groups excluding carboxylic acids is 14. The minimum Gasteiger partial charge on any atom is -0.480 e. The Labute approximate surface area is 705 Å². The van der Waals surface area contributed by atoms with Crippen LogP contribution in [0.25, 0.3) is 10.9 Å². The average molecular weight is 1710 g/mol. The number of hydrazine groups is 1. The molecule has 656 valence electrons. The Bertz CT molecular complexity index is 4210. The molecule has 0 radical (unpaired) electrons. The Morgan fingerprint density at radius 1 is 0.442 bits per heavy atom. The monoisotopic (exact) mass is 1710 g/mol. The summed E-state index contributed by atoms with van der Waals surface area (Å²) in [7, 11) is 0. The van der Waals surface area contributed by atoms with Crippen molar-refractivity contribution in [2.75, 3.05) is 50.8 Å². The first-order valence-electron chi connectivity index (χ1n) is 39.2. The van der Waals surface area contributed by atoms with Gasteiger partial charge >= 0.3 is 5.97 Å². The number of nitrogens with one attached hydrogen (secondary N) is 15. The van der Waals surface area contributed by atoms with Crippen molar-refractivity contribution in [3.8, 4) is 0 Å². The highest BCUT2D eigenvalue weighted by atomic mass is 32.1. The number of nitrogens with two attached hydrogens (primary N) is 4. The molecule has 0 bridgehead atoms. The van der Waals surface area contributed by atoms with Crippen LogP contribution >= 0.6 is 25.3 Å². The maximum Gasteiger partial charge on any atom is 0.319 e. The van der Waals surface area contributed by atoms with E-state index in [9.17, 15) is 78.0 Å². The maximum absolute atomic E-state index is 15.4. The number of carboxylic acid groups (broad SMARTS) is 1. The highest BCUT2D eigenvalue weighted by Crippen LogP contribution is 2.21. The number of aliphatic hydroxyl groups excluding tert-OH is 3. The van der Waals surface area contributed by atoms with E-state index >= 15 is 14.4 Å². The number of hydrogen-bond donors (Lipinski definition) is 25. The number of unbranched alkanes of at least 4 members (excludes halogenated alkanes) is 2. The van der Waals surface area contributed by atoms with Crippen molar-refractivity contribution in [3.05, 3.63) is 144 Å². The molecular weight excluding hydrogens is 1600 g/mol. The van der Waals surface area contributed by atoms with Crippen LogP contribution in [0.3, 0.4) is 0 Å². The molecule has 0 spiro atoms. The van der Waals surface area contributed by atoms with Crippen molar-refractivity contribution in [3.63, 3.8) is 0 Å². The van der Waals surface area contributed by atoms with E-state index in [1.165, 1.54) is 0 Å². The quantitative estimate of drug-likeness (QED) is 0.00747. The first-order valence-corrected chi connectivity index (χ1v) is 40.4. The van der Waals surface area contributed by atoms with E-state index in [1.54, 1.807) is 135 Å². The van der Waals surface area contributed by atoms with Crippen LogP contribution in [0, 0.1) is 0 Å². The molecule has 0 saturated heterocycles. The van der Waals surface area contributed by atoms with E-state index in [2.05, 4.69) is 105 Å². The molecule has 4 aromatic carbocycles. The van der Waals surface area contributed by atoms with Gasteiger partial charge in [0.05, 0.1) is 37.9 Å². The maximum atomic E-state index is 15.4. The summed E-state index contributed by atoms with van der Waals surface area (Å²) in [6.07, 6.45) is -3.48. The number of likely N-dealkylation sites (N-methyl/N-ethyl adjacent to an activating group) is 1. The van der Waals surface area contributed by atoms with Crippen LogP contribution in [0.5, 0.6) is 0 Å². The van der Waals surface area contributed by atoms with Crippen LogP contribution in [-0.2, 0) is 97.6 Å². The number of carbonyl (C=O) groups is 15.